The highest BCUT2D eigenvalue weighted by molar-refractivity contribution is 5.85. The molecule has 0 aromatic heterocycles. The molecule has 1 aliphatic carbocycles. The zero-order valence-corrected chi connectivity index (χ0v) is 17.9. The van der Waals surface area contributed by atoms with Gasteiger partial charge in [0.25, 0.3) is 0 Å². The summed E-state index contributed by atoms with van der Waals surface area (Å²) in [6.07, 6.45) is 5.06. The molecule has 0 spiro atoms. The molecule has 25 heavy (non-hydrogen) atoms. The topological polar surface area (TPSA) is 12.5 Å². The summed E-state index contributed by atoms with van der Waals surface area (Å²) in [7, 11) is 4.25. The number of likely N-dealkylation sites (N-methyl/N-ethyl adjacent to an activating group) is 1. The number of halogens is 1. The van der Waals surface area contributed by atoms with Crippen molar-refractivity contribution in [2.45, 2.75) is 64.9 Å². The van der Waals surface area contributed by atoms with E-state index < -0.39 is 0 Å². The molecule has 0 N–H and O–H groups in total. The molecule has 1 saturated carbocycles. The molecule has 1 aromatic rings. The Kier molecular flexibility index (Phi) is 8.94. The molecule has 0 bridgehead atoms. The summed E-state index contributed by atoms with van der Waals surface area (Å²) in [6, 6.07) is 9.03. The van der Waals surface area contributed by atoms with Crippen molar-refractivity contribution in [1.29, 1.82) is 0 Å². The van der Waals surface area contributed by atoms with E-state index in [0.29, 0.717) is 17.8 Å². The van der Waals surface area contributed by atoms with Crippen LogP contribution in [-0.2, 0) is 10.3 Å². The number of ether oxygens (including phenoxy) is 1. The van der Waals surface area contributed by atoms with Gasteiger partial charge in [0.05, 0.1) is 12.2 Å². The van der Waals surface area contributed by atoms with Crippen molar-refractivity contribution in [3.63, 3.8) is 0 Å². The lowest BCUT2D eigenvalue weighted by Crippen LogP contribution is -2.45. The molecule has 0 saturated heterocycles. The van der Waals surface area contributed by atoms with E-state index in [1.807, 2.05) is 0 Å². The van der Waals surface area contributed by atoms with Crippen LogP contribution in [0.25, 0.3) is 0 Å². The van der Waals surface area contributed by atoms with Gasteiger partial charge in [-0.2, -0.15) is 0 Å². The van der Waals surface area contributed by atoms with E-state index >= 15 is 0 Å². The largest absolute Gasteiger partial charge is 0.369 e. The summed E-state index contributed by atoms with van der Waals surface area (Å²) in [5, 5.41) is 0. The molecule has 144 valence electrons. The fourth-order valence-corrected chi connectivity index (χ4v) is 4.43. The Balaban J connectivity index is 0.00000312. The van der Waals surface area contributed by atoms with Gasteiger partial charge in [0, 0.05) is 6.54 Å². The summed E-state index contributed by atoms with van der Waals surface area (Å²) < 4.78 is 6.79. The molecule has 0 radical (unpaired) electrons. The molecule has 2 unspecified atom stereocenters. The van der Waals surface area contributed by atoms with Crippen LogP contribution in [0.2, 0.25) is 0 Å². The number of benzene rings is 1. The summed E-state index contributed by atoms with van der Waals surface area (Å²) in [5.41, 5.74) is 2.82. The van der Waals surface area contributed by atoms with Crippen molar-refractivity contribution in [1.82, 2.24) is 4.90 Å². The Morgan fingerprint density at radius 3 is 2.40 bits per heavy atom. The molecule has 0 aliphatic heterocycles. The highest BCUT2D eigenvalue weighted by atomic mass is 35.5. The van der Waals surface area contributed by atoms with Crippen LogP contribution >= 0.6 is 12.4 Å². The molecule has 1 aliphatic rings. The van der Waals surface area contributed by atoms with E-state index in [9.17, 15) is 0 Å². The van der Waals surface area contributed by atoms with Gasteiger partial charge < -0.3 is 9.64 Å². The van der Waals surface area contributed by atoms with Crippen LogP contribution in [-0.4, -0.2) is 32.1 Å². The maximum absolute atomic E-state index is 6.79. The third kappa shape index (κ3) is 5.21. The zero-order valence-electron chi connectivity index (χ0n) is 17.0. The highest BCUT2D eigenvalue weighted by Gasteiger charge is 2.45. The Hall–Kier alpha value is -0.570. The van der Waals surface area contributed by atoms with Crippen molar-refractivity contribution in [2.24, 2.45) is 11.8 Å². The van der Waals surface area contributed by atoms with E-state index in [1.54, 1.807) is 0 Å². The lowest BCUT2D eigenvalue weighted by molar-refractivity contribution is -0.131. The Morgan fingerprint density at radius 2 is 1.80 bits per heavy atom. The normalized spacial score (nSPS) is 24.0. The van der Waals surface area contributed by atoms with Gasteiger partial charge in [0.15, 0.2) is 0 Å². The number of rotatable bonds is 7. The van der Waals surface area contributed by atoms with Gasteiger partial charge in [-0.25, -0.2) is 0 Å². The Bertz CT molecular complexity index is 515. The first-order chi connectivity index (χ1) is 11.4. The first-order valence-electron chi connectivity index (χ1n) is 9.76. The van der Waals surface area contributed by atoms with E-state index in [0.717, 1.165) is 19.6 Å². The highest BCUT2D eigenvalue weighted by Crippen LogP contribution is 2.49. The third-order valence-electron chi connectivity index (χ3n) is 5.65. The number of hydrogen-bond donors (Lipinski definition) is 0. The summed E-state index contributed by atoms with van der Waals surface area (Å²) in [4.78, 5) is 2.22. The fourth-order valence-electron chi connectivity index (χ4n) is 4.43. The minimum atomic E-state index is -0.108. The van der Waals surface area contributed by atoms with Gasteiger partial charge in [-0.1, -0.05) is 64.8 Å². The fraction of sp³-hybridized carbons (Fsp3) is 0.727. The minimum absolute atomic E-state index is 0. The van der Waals surface area contributed by atoms with E-state index in [2.05, 4.69) is 71.0 Å². The van der Waals surface area contributed by atoms with Crippen LogP contribution in [0.5, 0.6) is 0 Å². The van der Waals surface area contributed by atoms with Crippen molar-refractivity contribution in [2.75, 3.05) is 27.2 Å². The number of hydrogen-bond acceptors (Lipinski definition) is 2. The van der Waals surface area contributed by atoms with E-state index in [-0.39, 0.29) is 18.0 Å². The maximum atomic E-state index is 6.79. The van der Waals surface area contributed by atoms with Crippen LogP contribution < -0.4 is 0 Å². The van der Waals surface area contributed by atoms with Crippen LogP contribution in [0.4, 0.5) is 0 Å². The molecule has 1 aromatic carbocycles. The van der Waals surface area contributed by atoms with Gasteiger partial charge >= 0.3 is 0 Å². The van der Waals surface area contributed by atoms with Gasteiger partial charge in [-0.15, -0.1) is 12.4 Å². The second kappa shape index (κ2) is 9.94. The molecular formula is C22H38ClNO. The molecule has 2 nitrogen and oxygen atoms in total. The van der Waals surface area contributed by atoms with Crippen molar-refractivity contribution < 1.29 is 4.74 Å². The second-order valence-corrected chi connectivity index (χ2v) is 8.38. The summed E-state index contributed by atoms with van der Waals surface area (Å²) >= 11 is 0. The van der Waals surface area contributed by atoms with Crippen molar-refractivity contribution >= 4 is 12.4 Å². The standard InChI is InChI=1S/C22H37NO.ClH/c1-17(2)19-11-7-8-13-21(19)22(24-16-15-23(5)6)14-10-9-12-20(22)18(3)4;/h7-8,11,13,17-18,20H,9-10,12,14-16H2,1-6H3;1H. The van der Waals surface area contributed by atoms with Gasteiger partial charge in [0.2, 0.25) is 0 Å². The Labute approximate surface area is 161 Å². The quantitative estimate of drug-likeness (QED) is 0.599. The van der Waals surface area contributed by atoms with Crippen LogP contribution in [0, 0.1) is 11.8 Å². The van der Waals surface area contributed by atoms with E-state index in [4.69, 9.17) is 4.74 Å². The van der Waals surface area contributed by atoms with Crippen LogP contribution in [0.1, 0.15) is 70.4 Å². The van der Waals surface area contributed by atoms with Gasteiger partial charge in [-0.3, -0.25) is 0 Å². The number of nitrogens with zero attached hydrogens (tertiary/aromatic N) is 1. The molecule has 1 fully saturated rings. The monoisotopic (exact) mass is 367 g/mol. The summed E-state index contributed by atoms with van der Waals surface area (Å²) in [6.45, 7) is 11.1. The lowest BCUT2D eigenvalue weighted by Gasteiger charge is -2.47. The van der Waals surface area contributed by atoms with Crippen molar-refractivity contribution in [3.05, 3.63) is 35.4 Å². The zero-order chi connectivity index (χ0) is 17.7. The molecule has 2 atom stereocenters. The van der Waals surface area contributed by atoms with Crippen LogP contribution in [0.15, 0.2) is 24.3 Å². The minimum Gasteiger partial charge on any atom is -0.369 e. The van der Waals surface area contributed by atoms with Gasteiger partial charge in [-0.05, 0) is 55.8 Å². The Morgan fingerprint density at radius 1 is 1.12 bits per heavy atom. The lowest BCUT2D eigenvalue weighted by atomic mass is 9.65. The average Bonchev–Trinajstić information content (AvgIpc) is 2.54. The predicted octanol–water partition coefficient (Wildman–Crippen LogP) is 5.85. The average molecular weight is 368 g/mol. The molecule has 0 amide bonds. The SMILES string of the molecule is CC(C)c1ccccc1C1(OCCN(C)C)CCCCC1C(C)C.Cl. The molecular weight excluding hydrogens is 330 g/mol. The molecule has 0 heterocycles. The first kappa shape index (κ1) is 22.5. The molecule has 2 rings (SSSR count). The smallest absolute Gasteiger partial charge is 0.0965 e. The third-order valence-corrected chi connectivity index (χ3v) is 5.65. The predicted molar refractivity (Wildman–Crippen MR) is 111 cm³/mol. The summed E-state index contributed by atoms with van der Waals surface area (Å²) in [5.74, 6) is 1.78. The van der Waals surface area contributed by atoms with E-state index in [1.165, 1.54) is 30.4 Å². The maximum Gasteiger partial charge on any atom is 0.0965 e. The van der Waals surface area contributed by atoms with Gasteiger partial charge in [0.1, 0.15) is 0 Å². The second-order valence-electron chi connectivity index (χ2n) is 8.38. The first-order valence-corrected chi connectivity index (χ1v) is 9.76. The van der Waals surface area contributed by atoms with Crippen LogP contribution in [0.3, 0.4) is 0 Å². The van der Waals surface area contributed by atoms with Crippen molar-refractivity contribution in [3.8, 4) is 0 Å². The molecule has 3 heteroatoms.